The molecule has 1 aliphatic carbocycles. The van der Waals surface area contributed by atoms with Gasteiger partial charge in [-0.2, -0.15) is 0 Å². The van der Waals surface area contributed by atoms with E-state index in [4.69, 9.17) is 9.47 Å². The Morgan fingerprint density at radius 1 is 0.895 bits per heavy atom. The Kier molecular flexibility index (Phi) is 10.7. The van der Waals surface area contributed by atoms with Crippen LogP contribution in [0.25, 0.3) is 11.1 Å². The summed E-state index contributed by atoms with van der Waals surface area (Å²) in [5.74, 6) is -1.72. The van der Waals surface area contributed by atoms with Crippen LogP contribution in [-0.4, -0.2) is 61.5 Å². The highest BCUT2D eigenvalue weighted by atomic mass is 16.6. The third-order valence-electron chi connectivity index (χ3n) is 6.12. The van der Waals surface area contributed by atoms with Crippen molar-refractivity contribution in [3.8, 4) is 11.1 Å². The van der Waals surface area contributed by atoms with Crippen molar-refractivity contribution in [2.45, 2.75) is 37.6 Å². The number of carbonyl (C=O) groups excluding carboxylic acids is 3. The molecule has 0 aromatic heterocycles. The molecule has 0 fully saturated rings. The molecule has 0 bridgehead atoms. The Morgan fingerprint density at radius 2 is 1.50 bits per heavy atom. The van der Waals surface area contributed by atoms with Gasteiger partial charge >= 0.3 is 18.2 Å². The number of hydrogen-bond acceptors (Lipinski definition) is 6. The maximum atomic E-state index is 12.2. The summed E-state index contributed by atoms with van der Waals surface area (Å²) in [7, 11) is 0. The maximum Gasteiger partial charge on any atom is 0.407 e. The van der Waals surface area contributed by atoms with E-state index in [-0.39, 0.29) is 38.5 Å². The van der Waals surface area contributed by atoms with Crippen LogP contribution in [0.2, 0.25) is 0 Å². The number of amides is 3. The van der Waals surface area contributed by atoms with Crippen molar-refractivity contribution in [2.24, 2.45) is 0 Å². The number of carboxylic acid groups (broad SMARTS) is 1. The number of carbonyl (C=O) groups is 4. The van der Waals surface area contributed by atoms with Gasteiger partial charge in [-0.1, -0.05) is 61.2 Å². The van der Waals surface area contributed by atoms with Gasteiger partial charge in [0.25, 0.3) is 0 Å². The van der Waals surface area contributed by atoms with Crippen molar-refractivity contribution in [3.63, 3.8) is 0 Å². The molecule has 3 rings (SSSR count). The van der Waals surface area contributed by atoms with E-state index >= 15 is 0 Å². The summed E-state index contributed by atoms with van der Waals surface area (Å²) in [5, 5.41) is 16.9. The molecule has 0 unspecified atom stereocenters. The lowest BCUT2D eigenvalue weighted by Gasteiger charge is -2.16. The van der Waals surface area contributed by atoms with Crippen molar-refractivity contribution in [1.29, 1.82) is 0 Å². The molecule has 1 atom stereocenters. The molecule has 2 aromatic carbocycles. The first kappa shape index (κ1) is 28.2. The van der Waals surface area contributed by atoms with E-state index in [1.165, 1.54) is 6.08 Å². The zero-order chi connectivity index (χ0) is 27.3. The van der Waals surface area contributed by atoms with Crippen LogP contribution in [0.15, 0.2) is 61.2 Å². The molecular formula is C28H33N3O7. The number of unbranched alkanes of at least 4 members (excludes halogenated alkanes) is 1. The van der Waals surface area contributed by atoms with Gasteiger partial charge in [0.1, 0.15) is 19.3 Å². The second-order valence-corrected chi connectivity index (χ2v) is 8.77. The number of carboxylic acids is 1. The zero-order valence-electron chi connectivity index (χ0n) is 21.1. The van der Waals surface area contributed by atoms with Crippen LogP contribution in [0.3, 0.4) is 0 Å². The molecule has 0 saturated carbocycles. The first-order valence-electron chi connectivity index (χ1n) is 12.5. The lowest BCUT2D eigenvalue weighted by Crippen LogP contribution is -2.42. The molecule has 4 N–H and O–H groups in total. The van der Waals surface area contributed by atoms with Gasteiger partial charge < -0.3 is 30.5 Å². The smallest absolute Gasteiger partial charge is 0.407 e. The Bertz CT molecular complexity index is 1110. The largest absolute Gasteiger partial charge is 0.480 e. The molecule has 0 saturated heterocycles. The predicted octanol–water partition coefficient (Wildman–Crippen LogP) is 3.57. The quantitative estimate of drug-likeness (QED) is 0.219. The minimum atomic E-state index is -1.15. The van der Waals surface area contributed by atoms with Gasteiger partial charge in [-0.25, -0.2) is 14.4 Å². The first-order valence-corrected chi connectivity index (χ1v) is 12.5. The fourth-order valence-electron chi connectivity index (χ4n) is 4.30. The summed E-state index contributed by atoms with van der Waals surface area (Å²) in [6.45, 7) is 4.04. The van der Waals surface area contributed by atoms with Crippen LogP contribution in [0.4, 0.5) is 9.59 Å². The molecule has 3 amide bonds. The number of hydrogen-bond donors (Lipinski definition) is 4. The molecular weight excluding hydrogens is 490 g/mol. The van der Waals surface area contributed by atoms with Crippen LogP contribution in [0.1, 0.15) is 42.7 Å². The van der Waals surface area contributed by atoms with E-state index in [2.05, 4.69) is 34.7 Å². The molecule has 38 heavy (non-hydrogen) atoms. The molecule has 0 aliphatic heterocycles. The maximum absolute atomic E-state index is 12.2. The minimum absolute atomic E-state index is 0.00554. The lowest BCUT2D eigenvalue weighted by atomic mass is 9.98. The second kappa shape index (κ2) is 14.4. The topological polar surface area (TPSA) is 143 Å². The van der Waals surface area contributed by atoms with E-state index in [9.17, 15) is 24.3 Å². The van der Waals surface area contributed by atoms with Gasteiger partial charge in [0, 0.05) is 25.4 Å². The van der Waals surface area contributed by atoms with E-state index in [0.29, 0.717) is 19.4 Å². The van der Waals surface area contributed by atoms with Crippen LogP contribution in [-0.2, 0) is 19.1 Å². The van der Waals surface area contributed by atoms with Crippen LogP contribution in [0.5, 0.6) is 0 Å². The van der Waals surface area contributed by atoms with Gasteiger partial charge in [-0.3, -0.25) is 4.79 Å². The molecule has 1 aliphatic rings. The van der Waals surface area contributed by atoms with Gasteiger partial charge in [0.2, 0.25) is 5.91 Å². The summed E-state index contributed by atoms with van der Waals surface area (Å²) in [6.07, 6.45) is 1.33. The average Bonchev–Trinajstić information content (AvgIpc) is 3.23. The Balaban J connectivity index is 1.34. The fourth-order valence-corrected chi connectivity index (χ4v) is 4.30. The van der Waals surface area contributed by atoms with Crippen LogP contribution >= 0.6 is 0 Å². The van der Waals surface area contributed by atoms with Crippen molar-refractivity contribution < 1.29 is 33.8 Å². The number of nitrogens with one attached hydrogen (secondary N) is 3. The van der Waals surface area contributed by atoms with Crippen molar-refractivity contribution in [2.75, 3.05) is 26.3 Å². The number of rotatable bonds is 14. The van der Waals surface area contributed by atoms with E-state index in [0.717, 1.165) is 22.3 Å². The molecule has 0 heterocycles. The Hall–Kier alpha value is -4.34. The molecule has 10 nitrogen and oxygen atoms in total. The Labute approximate surface area is 221 Å². The number of aliphatic carboxylic acids is 1. The number of ether oxygens (including phenoxy) is 2. The van der Waals surface area contributed by atoms with Crippen molar-refractivity contribution in [1.82, 2.24) is 16.0 Å². The minimum Gasteiger partial charge on any atom is -0.480 e. The zero-order valence-corrected chi connectivity index (χ0v) is 21.1. The van der Waals surface area contributed by atoms with Gasteiger partial charge in [-0.05, 0) is 41.5 Å². The average molecular weight is 524 g/mol. The van der Waals surface area contributed by atoms with E-state index in [1.807, 2.05) is 36.4 Å². The lowest BCUT2D eigenvalue weighted by molar-refractivity contribution is -0.142. The highest BCUT2D eigenvalue weighted by Crippen LogP contribution is 2.44. The highest BCUT2D eigenvalue weighted by Gasteiger charge is 2.29. The highest BCUT2D eigenvalue weighted by molar-refractivity contribution is 5.84. The van der Waals surface area contributed by atoms with E-state index < -0.39 is 30.1 Å². The number of fused-ring (bicyclic) bond motifs is 3. The molecule has 0 spiro atoms. The van der Waals surface area contributed by atoms with Gasteiger partial charge in [0.15, 0.2) is 0 Å². The summed E-state index contributed by atoms with van der Waals surface area (Å²) in [6, 6.07) is 15.0. The summed E-state index contributed by atoms with van der Waals surface area (Å²) < 4.78 is 10.2. The summed E-state index contributed by atoms with van der Waals surface area (Å²) in [5.41, 5.74) is 4.46. The molecule has 202 valence electrons. The Morgan fingerprint density at radius 3 is 2.13 bits per heavy atom. The third-order valence-corrected chi connectivity index (χ3v) is 6.12. The van der Waals surface area contributed by atoms with Crippen LogP contribution < -0.4 is 16.0 Å². The summed E-state index contributed by atoms with van der Waals surface area (Å²) >= 11 is 0. The standard InChI is InChI=1S/C28H33N3O7/c1-2-17-37-27(35)29-15-8-7-13-24(26(33)34)31-25(32)14-16-30-28(36)38-18-23-21-11-5-3-9-19(21)20-10-4-6-12-22(20)23/h2-6,9-12,23-24H,1,7-8,13-18H2,(H,29,35)(H,30,36)(H,31,32)(H,33,34)/t24-/m0/s1. The normalized spacial score (nSPS) is 12.4. The van der Waals surface area contributed by atoms with Gasteiger partial charge in [-0.15, -0.1) is 0 Å². The van der Waals surface area contributed by atoms with Crippen LogP contribution in [0, 0.1) is 0 Å². The fraction of sp³-hybridized carbons (Fsp3) is 0.357. The second-order valence-electron chi connectivity index (χ2n) is 8.77. The number of benzene rings is 2. The molecule has 0 radical (unpaired) electrons. The molecule has 10 heteroatoms. The van der Waals surface area contributed by atoms with E-state index in [1.54, 1.807) is 0 Å². The van der Waals surface area contributed by atoms with Gasteiger partial charge in [0.05, 0.1) is 0 Å². The first-order chi connectivity index (χ1) is 18.4. The predicted molar refractivity (Wildman–Crippen MR) is 141 cm³/mol. The van der Waals surface area contributed by atoms with Crippen molar-refractivity contribution >= 4 is 24.1 Å². The van der Waals surface area contributed by atoms with Crippen molar-refractivity contribution in [3.05, 3.63) is 72.3 Å². The third kappa shape index (κ3) is 8.09. The summed E-state index contributed by atoms with van der Waals surface area (Å²) in [4.78, 5) is 47.3. The monoisotopic (exact) mass is 523 g/mol. The SMILES string of the molecule is C=CCOC(=O)NCCCC[C@H](NC(=O)CCNC(=O)OCC1c2ccccc2-c2ccccc21)C(=O)O. The molecule has 2 aromatic rings. The number of alkyl carbamates (subject to hydrolysis) is 2.